The van der Waals surface area contributed by atoms with Gasteiger partial charge in [-0.1, -0.05) is 47.6 Å². The van der Waals surface area contributed by atoms with Crippen LogP contribution >= 0.6 is 11.3 Å². The summed E-state index contributed by atoms with van der Waals surface area (Å²) < 4.78 is 0. The Bertz CT molecular complexity index is 412. The normalized spacial score (nSPS) is 22.9. The van der Waals surface area contributed by atoms with Crippen molar-refractivity contribution in [1.29, 1.82) is 0 Å². The van der Waals surface area contributed by atoms with Gasteiger partial charge in [-0.3, -0.25) is 0 Å². The van der Waals surface area contributed by atoms with Crippen molar-refractivity contribution in [3.63, 3.8) is 0 Å². The molecule has 0 radical (unpaired) electrons. The summed E-state index contributed by atoms with van der Waals surface area (Å²) in [4.78, 5) is 1.49. The Kier molecular flexibility index (Phi) is 4.37. The summed E-state index contributed by atoms with van der Waals surface area (Å²) in [6.07, 6.45) is 3.94. The summed E-state index contributed by atoms with van der Waals surface area (Å²) in [7, 11) is 0. The predicted octanol–water partition coefficient (Wildman–Crippen LogP) is 5.22. The van der Waals surface area contributed by atoms with Crippen LogP contribution in [0.3, 0.4) is 0 Å². The zero-order valence-corrected chi connectivity index (χ0v) is 14.9. The molecule has 1 saturated carbocycles. The lowest BCUT2D eigenvalue weighted by Gasteiger charge is -2.46. The summed E-state index contributed by atoms with van der Waals surface area (Å²) >= 11 is 1.88. The van der Waals surface area contributed by atoms with Crippen molar-refractivity contribution < 1.29 is 0 Å². The van der Waals surface area contributed by atoms with Gasteiger partial charge in [0.25, 0.3) is 0 Å². The maximum absolute atomic E-state index is 3.87. The average Bonchev–Trinajstić information content (AvgIpc) is 2.76. The van der Waals surface area contributed by atoms with Crippen LogP contribution in [0.15, 0.2) is 17.5 Å². The van der Waals surface area contributed by atoms with E-state index in [1.54, 1.807) is 0 Å². The fourth-order valence-electron chi connectivity index (χ4n) is 4.14. The van der Waals surface area contributed by atoms with Crippen molar-refractivity contribution >= 4 is 11.3 Å². The van der Waals surface area contributed by atoms with Crippen LogP contribution in [0.2, 0.25) is 0 Å². The number of hydrogen-bond donors (Lipinski definition) is 1. The van der Waals surface area contributed by atoms with Crippen LogP contribution in [-0.2, 0) is 5.41 Å². The molecule has 2 rings (SSSR count). The molecular weight excluding hydrogens is 262 g/mol. The van der Waals surface area contributed by atoms with Gasteiger partial charge in [0.15, 0.2) is 0 Å². The molecule has 0 saturated heterocycles. The third-order valence-electron chi connectivity index (χ3n) is 4.58. The molecule has 0 spiro atoms. The smallest absolute Gasteiger partial charge is 0.0115 e. The zero-order chi connectivity index (χ0) is 15.0. The largest absolute Gasteiger partial charge is 0.313 e. The lowest BCUT2D eigenvalue weighted by Crippen LogP contribution is -2.47. The van der Waals surface area contributed by atoms with E-state index in [1.165, 1.54) is 24.1 Å². The Hall–Kier alpha value is -0.340. The average molecular weight is 294 g/mol. The number of nitrogens with one attached hydrogen (secondary N) is 1. The summed E-state index contributed by atoms with van der Waals surface area (Å²) in [5, 5.41) is 6.05. The van der Waals surface area contributed by atoms with Crippen LogP contribution in [0.1, 0.15) is 65.7 Å². The van der Waals surface area contributed by atoms with E-state index in [2.05, 4.69) is 64.4 Å². The highest BCUT2D eigenvalue weighted by Crippen LogP contribution is 2.45. The van der Waals surface area contributed by atoms with Gasteiger partial charge in [0.1, 0.15) is 0 Å². The van der Waals surface area contributed by atoms with Crippen LogP contribution < -0.4 is 5.32 Å². The van der Waals surface area contributed by atoms with E-state index in [0.29, 0.717) is 16.9 Å². The van der Waals surface area contributed by atoms with Crippen LogP contribution in [0.25, 0.3) is 0 Å². The summed E-state index contributed by atoms with van der Waals surface area (Å²) in [6, 6.07) is 5.09. The van der Waals surface area contributed by atoms with Crippen molar-refractivity contribution in [2.45, 2.75) is 72.3 Å². The summed E-state index contributed by atoms with van der Waals surface area (Å²) in [6.45, 7) is 15.5. The SMILES string of the molecule is CC1(C)CC(NCC(C)(C)c2cccs2)CC(C)(C)C1. The van der Waals surface area contributed by atoms with Gasteiger partial charge < -0.3 is 5.32 Å². The fourth-order valence-corrected chi connectivity index (χ4v) is 4.99. The van der Waals surface area contributed by atoms with E-state index in [-0.39, 0.29) is 5.41 Å². The molecule has 1 N–H and O–H groups in total. The Labute approximate surface area is 129 Å². The van der Waals surface area contributed by atoms with Crippen molar-refractivity contribution in [3.05, 3.63) is 22.4 Å². The Morgan fingerprint density at radius 1 is 1.20 bits per heavy atom. The predicted molar refractivity (Wildman–Crippen MR) is 90.5 cm³/mol. The van der Waals surface area contributed by atoms with Crippen molar-refractivity contribution in [3.8, 4) is 0 Å². The Balaban J connectivity index is 1.97. The first-order chi connectivity index (χ1) is 9.10. The molecule has 1 heterocycles. The second-order valence-electron chi connectivity index (χ2n) is 8.85. The molecule has 0 amide bonds. The van der Waals surface area contributed by atoms with Gasteiger partial charge in [-0.2, -0.15) is 0 Å². The molecule has 20 heavy (non-hydrogen) atoms. The first-order valence-electron chi connectivity index (χ1n) is 7.87. The number of thiophene rings is 1. The van der Waals surface area contributed by atoms with Crippen LogP contribution in [0.4, 0.5) is 0 Å². The van der Waals surface area contributed by atoms with Crippen LogP contribution in [-0.4, -0.2) is 12.6 Å². The third-order valence-corrected chi connectivity index (χ3v) is 5.81. The minimum Gasteiger partial charge on any atom is -0.313 e. The quantitative estimate of drug-likeness (QED) is 0.802. The molecule has 0 atom stereocenters. The maximum Gasteiger partial charge on any atom is 0.0115 e. The molecule has 1 aromatic heterocycles. The lowest BCUT2D eigenvalue weighted by atomic mass is 9.63. The molecule has 1 nitrogen and oxygen atoms in total. The molecule has 0 aliphatic heterocycles. The highest BCUT2D eigenvalue weighted by molar-refractivity contribution is 7.10. The van der Waals surface area contributed by atoms with Gasteiger partial charge in [-0.15, -0.1) is 11.3 Å². The van der Waals surface area contributed by atoms with Gasteiger partial charge in [-0.05, 0) is 41.5 Å². The van der Waals surface area contributed by atoms with Gasteiger partial charge in [0.05, 0.1) is 0 Å². The van der Waals surface area contributed by atoms with Crippen LogP contribution in [0, 0.1) is 10.8 Å². The van der Waals surface area contributed by atoms with E-state index in [4.69, 9.17) is 0 Å². The second-order valence-corrected chi connectivity index (χ2v) is 9.80. The van der Waals surface area contributed by atoms with Crippen LogP contribution in [0.5, 0.6) is 0 Å². The minimum absolute atomic E-state index is 0.236. The van der Waals surface area contributed by atoms with E-state index in [0.717, 1.165) is 6.54 Å². The van der Waals surface area contributed by atoms with Gasteiger partial charge >= 0.3 is 0 Å². The topological polar surface area (TPSA) is 12.0 Å². The van der Waals surface area contributed by atoms with Gasteiger partial charge in [-0.25, -0.2) is 0 Å². The second kappa shape index (κ2) is 5.46. The van der Waals surface area contributed by atoms with E-state index in [9.17, 15) is 0 Å². The maximum atomic E-state index is 3.87. The lowest BCUT2D eigenvalue weighted by molar-refractivity contribution is 0.0831. The Morgan fingerprint density at radius 2 is 1.80 bits per heavy atom. The summed E-state index contributed by atoms with van der Waals surface area (Å²) in [5.74, 6) is 0. The molecule has 1 aliphatic rings. The fraction of sp³-hybridized carbons (Fsp3) is 0.778. The van der Waals surface area contributed by atoms with Crippen molar-refractivity contribution in [2.75, 3.05) is 6.54 Å². The highest BCUT2D eigenvalue weighted by Gasteiger charge is 2.38. The molecular formula is C18H31NS. The molecule has 0 aromatic carbocycles. The molecule has 114 valence electrons. The number of rotatable bonds is 4. The van der Waals surface area contributed by atoms with E-state index >= 15 is 0 Å². The molecule has 2 heteroatoms. The van der Waals surface area contributed by atoms with E-state index < -0.39 is 0 Å². The van der Waals surface area contributed by atoms with E-state index in [1.807, 2.05) is 11.3 Å². The monoisotopic (exact) mass is 293 g/mol. The minimum atomic E-state index is 0.236. The number of hydrogen-bond acceptors (Lipinski definition) is 2. The third kappa shape index (κ3) is 4.08. The zero-order valence-electron chi connectivity index (χ0n) is 14.0. The van der Waals surface area contributed by atoms with Crippen molar-refractivity contribution in [2.24, 2.45) is 10.8 Å². The standard InChI is InChI=1S/C18H31NS/c1-16(2)10-14(11-17(3,4)12-16)19-13-18(5,6)15-8-7-9-20-15/h7-9,14,19H,10-13H2,1-6H3. The van der Waals surface area contributed by atoms with Crippen molar-refractivity contribution in [1.82, 2.24) is 5.32 Å². The molecule has 0 unspecified atom stereocenters. The Morgan fingerprint density at radius 3 is 2.30 bits per heavy atom. The first kappa shape index (κ1) is 16.0. The van der Waals surface area contributed by atoms with Gasteiger partial charge in [0.2, 0.25) is 0 Å². The molecule has 1 fully saturated rings. The first-order valence-corrected chi connectivity index (χ1v) is 8.75. The van der Waals surface area contributed by atoms with Gasteiger partial charge in [0, 0.05) is 22.9 Å². The summed E-state index contributed by atoms with van der Waals surface area (Å²) in [5.41, 5.74) is 1.17. The highest BCUT2D eigenvalue weighted by atomic mass is 32.1. The molecule has 1 aromatic rings. The molecule has 0 bridgehead atoms. The molecule has 1 aliphatic carbocycles.